The van der Waals surface area contributed by atoms with E-state index in [1.165, 1.54) is 0 Å². The minimum absolute atomic E-state index is 0.0771. The van der Waals surface area contributed by atoms with Gasteiger partial charge in [-0.25, -0.2) is 0 Å². The molecule has 1 aliphatic heterocycles. The number of para-hydroxylation sites is 1. The summed E-state index contributed by atoms with van der Waals surface area (Å²) in [4.78, 5) is 12.1. The Morgan fingerprint density at radius 3 is 2.18 bits per heavy atom. The number of rotatable bonds is 0. The quantitative estimate of drug-likeness (QED) is 0.726. The van der Waals surface area contributed by atoms with Crippen LogP contribution >= 0.6 is 0 Å². The van der Waals surface area contributed by atoms with Crippen LogP contribution in [0.4, 0.5) is 5.69 Å². The van der Waals surface area contributed by atoms with E-state index in [0.29, 0.717) is 5.56 Å². The van der Waals surface area contributed by atoms with Crippen LogP contribution in [0.1, 0.15) is 21.5 Å². The molecule has 17 heavy (non-hydrogen) atoms. The molecule has 2 heteroatoms. The molecule has 0 aliphatic carbocycles. The van der Waals surface area contributed by atoms with E-state index >= 15 is 0 Å². The van der Waals surface area contributed by atoms with Crippen molar-refractivity contribution in [2.75, 3.05) is 5.32 Å². The lowest BCUT2D eigenvalue weighted by molar-refractivity contribution is 0.102. The molecule has 0 aromatic heterocycles. The zero-order valence-corrected chi connectivity index (χ0v) is 9.23. The van der Waals surface area contributed by atoms with E-state index in [9.17, 15) is 4.79 Å². The molecule has 0 unspecified atom stereocenters. The first kappa shape index (κ1) is 9.85. The molecule has 0 radical (unpaired) electrons. The highest BCUT2D eigenvalue weighted by Gasteiger charge is 2.20. The van der Waals surface area contributed by atoms with Crippen LogP contribution in [0.15, 0.2) is 55.1 Å². The molecule has 0 spiro atoms. The van der Waals surface area contributed by atoms with Crippen LogP contribution in [0.25, 0.3) is 5.57 Å². The Morgan fingerprint density at radius 2 is 1.41 bits per heavy atom. The molecule has 0 saturated carbocycles. The normalized spacial score (nSPS) is 13.4. The molecule has 1 amide bonds. The number of carbonyl (C=O) groups excluding carboxylic acids is 1. The monoisotopic (exact) mass is 221 g/mol. The zero-order chi connectivity index (χ0) is 11.8. The Morgan fingerprint density at radius 1 is 0.824 bits per heavy atom. The molecule has 0 saturated heterocycles. The summed E-state index contributed by atoms with van der Waals surface area (Å²) in [7, 11) is 0. The van der Waals surface area contributed by atoms with Crippen molar-refractivity contribution in [3.8, 4) is 0 Å². The van der Waals surface area contributed by atoms with Gasteiger partial charge in [-0.1, -0.05) is 43.0 Å². The van der Waals surface area contributed by atoms with Gasteiger partial charge in [0.1, 0.15) is 0 Å². The summed E-state index contributed by atoms with van der Waals surface area (Å²) < 4.78 is 0. The van der Waals surface area contributed by atoms with Crippen LogP contribution in [-0.4, -0.2) is 5.91 Å². The van der Waals surface area contributed by atoms with E-state index in [4.69, 9.17) is 0 Å². The van der Waals surface area contributed by atoms with Gasteiger partial charge in [-0.15, -0.1) is 0 Å². The predicted molar refractivity (Wildman–Crippen MR) is 69.0 cm³/mol. The fourth-order valence-corrected chi connectivity index (χ4v) is 2.13. The average Bonchev–Trinajstić information content (AvgIpc) is 2.48. The molecule has 0 bridgehead atoms. The fourth-order valence-electron chi connectivity index (χ4n) is 2.13. The van der Waals surface area contributed by atoms with Crippen molar-refractivity contribution in [1.82, 2.24) is 0 Å². The molecular weight excluding hydrogens is 210 g/mol. The van der Waals surface area contributed by atoms with Gasteiger partial charge in [0.15, 0.2) is 0 Å². The van der Waals surface area contributed by atoms with Gasteiger partial charge >= 0.3 is 0 Å². The highest BCUT2D eigenvalue weighted by atomic mass is 16.1. The molecule has 2 nitrogen and oxygen atoms in total. The van der Waals surface area contributed by atoms with Gasteiger partial charge in [0.05, 0.1) is 0 Å². The third-order valence-corrected chi connectivity index (χ3v) is 3.00. The first-order valence-electron chi connectivity index (χ1n) is 5.46. The summed E-state index contributed by atoms with van der Waals surface area (Å²) in [5.41, 5.74) is 4.25. The topological polar surface area (TPSA) is 29.1 Å². The molecule has 0 atom stereocenters. The molecule has 82 valence electrons. The maximum atomic E-state index is 12.1. The summed E-state index contributed by atoms with van der Waals surface area (Å²) in [6, 6.07) is 15.3. The molecule has 0 fully saturated rings. The first-order chi connectivity index (χ1) is 8.27. The van der Waals surface area contributed by atoms with Crippen LogP contribution in [0, 0.1) is 0 Å². The lowest BCUT2D eigenvalue weighted by Crippen LogP contribution is -2.11. The van der Waals surface area contributed by atoms with Gasteiger partial charge in [0.2, 0.25) is 0 Å². The summed E-state index contributed by atoms with van der Waals surface area (Å²) in [5, 5.41) is 2.91. The lowest BCUT2D eigenvalue weighted by Gasteiger charge is -2.07. The Hall–Kier alpha value is -2.35. The number of hydrogen-bond donors (Lipinski definition) is 1. The second-order valence-electron chi connectivity index (χ2n) is 4.02. The maximum absolute atomic E-state index is 12.1. The summed E-state index contributed by atoms with van der Waals surface area (Å²) in [6.45, 7) is 4.10. The lowest BCUT2D eigenvalue weighted by atomic mass is 9.96. The van der Waals surface area contributed by atoms with E-state index in [-0.39, 0.29) is 5.91 Å². The van der Waals surface area contributed by atoms with Crippen molar-refractivity contribution in [1.29, 1.82) is 0 Å². The van der Waals surface area contributed by atoms with Gasteiger partial charge in [-0.2, -0.15) is 0 Å². The minimum Gasteiger partial charge on any atom is -0.321 e. The second-order valence-corrected chi connectivity index (χ2v) is 4.02. The van der Waals surface area contributed by atoms with E-state index in [1.807, 2.05) is 48.5 Å². The van der Waals surface area contributed by atoms with E-state index in [1.54, 1.807) is 0 Å². The molecule has 3 rings (SSSR count). The number of nitrogens with one attached hydrogen (secondary N) is 1. The average molecular weight is 221 g/mol. The maximum Gasteiger partial charge on any atom is 0.256 e. The molecule has 1 heterocycles. The third-order valence-electron chi connectivity index (χ3n) is 3.00. The number of amides is 1. The van der Waals surface area contributed by atoms with Crippen molar-refractivity contribution in [3.05, 3.63) is 71.8 Å². The summed E-state index contributed by atoms with van der Waals surface area (Å²) in [5.74, 6) is -0.0771. The molecular formula is C15H11NO. The molecule has 2 aromatic rings. The van der Waals surface area contributed by atoms with Gasteiger partial charge in [-0.05, 0) is 23.3 Å². The van der Waals surface area contributed by atoms with Crippen LogP contribution in [0.5, 0.6) is 0 Å². The molecule has 1 N–H and O–H groups in total. The fraction of sp³-hybridized carbons (Fsp3) is 0. The Labute approximate surface area is 99.6 Å². The smallest absolute Gasteiger partial charge is 0.256 e. The Bertz CT molecular complexity index is 628. The van der Waals surface area contributed by atoms with Crippen LogP contribution in [0.3, 0.4) is 0 Å². The van der Waals surface area contributed by atoms with Gasteiger partial charge in [0, 0.05) is 16.8 Å². The van der Waals surface area contributed by atoms with Crippen molar-refractivity contribution < 1.29 is 4.79 Å². The summed E-state index contributed by atoms with van der Waals surface area (Å²) in [6.07, 6.45) is 0. The highest BCUT2D eigenvalue weighted by molar-refractivity contribution is 6.12. The molecule has 1 aliphatic rings. The number of anilines is 1. The third kappa shape index (κ3) is 1.46. The van der Waals surface area contributed by atoms with Gasteiger partial charge in [-0.3, -0.25) is 4.79 Å². The number of hydrogen-bond acceptors (Lipinski definition) is 1. The van der Waals surface area contributed by atoms with Crippen molar-refractivity contribution >= 4 is 17.2 Å². The first-order valence-corrected chi connectivity index (χ1v) is 5.46. The highest BCUT2D eigenvalue weighted by Crippen LogP contribution is 2.33. The van der Waals surface area contributed by atoms with Crippen molar-refractivity contribution in [2.24, 2.45) is 0 Å². The standard InChI is InChI=1S/C15H11NO/c1-10-11-6-2-3-8-13(11)15(17)16-14-9-5-4-7-12(10)14/h2-9H,1H2,(H,16,17). The Balaban J connectivity index is 2.30. The molecule has 2 aromatic carbocycles. The second kappa shape index (κ2) is 3.59. The minimum atomic E-state index is -0.0771. The largest absolute Gasteiger partial charge is 0.321 e. The zero-order valence-electron chi connectivity index (χ0n) is 9.23. The van der Waals surface area contributed by atoms with E-state index in [2.05, 4.69) is 11.9 Å². The Kier molecular flexibility index (Phi) is 2.08. The van der Waals surface area contributed by atoms with Gasteiger partial charge in [0.25, 0.3) is 5.91 Å². The number of carbonyl (C=O) groups is 1. The SMILES string of the molecule is C=C1c2ccccc2NC(=O)c2ccccc21. The van der Waals surface area contributed by atoms with E-state index in [0.717, 1.165) is 22.4 Å². The van der Waals surface area contributed by atoms with Crippen LogP contribution < -0.4 is 5.32 Å². The van der Waals surface area contributed by atoms with Gasteiger partial charge < -0.3 is 5.32 Å². The number of benzene rings is 2. The predicted octanol–water partition coefficient (Wildman–Crippen LogP) is 3.31. The number of fused-ring (bicyclic) bond motifs is 2. The van der Waals surface area contributed by atoms with Crippen molar-refractivity contribution in [3.63, 3.8) is 0 Å². The van der Waals surface area contributed by atoms with Crippen molar-refractivity contribution in [2.45, 2.75) is 0 Å². The van der Waals surface area contributed by atoms with Crippen LogP contribution in [0.2, 0.25) is 0 Å². The van der Waals surface area contributed by atoms with E-state index < -0.39 is 0 Å². The summed E-state index contributed by atoms with van der Waals surface area (Å²) >= 11 is 0. The van der Waals surface area contributed by atoms with Crippen LogP contribution in [-0.2, 0) is 0 Å².